The monoisotopic (exact) mass is 366 g/mol. The summed E-state index contributed by atoms with van der Waals surface area (Å²) >= 11 is 0. The number of ether oxygens (including phenoxy) is 2. The molecule has 1 aliphatic rings. The number of carbonyl (C=O) groups excluding carboxylic acids is 2. The second kappa shape index (κ2) is 9.46. The molecule has 2 rings (SSSR count). The predicted molar refractivity (Wildman–Crippen MR) is 104 cm³/mol. The summed E-state index contributed by atoms with van der Waals surface area (Å²) in [6.07, 6.45) is 2.96. The van der Waals surface area contributed by atoms with Crippen molar-refractivity contribution in [2.75, 3.05) is 6.54 Å². The third kappa shape index (κ3) is 7.76. The summed E-state index contributed by atoms with van der Waals surface area (Å²) in [4.78, 5) is 23.6. The molecule has 0 unspecified atom stereocenters. The molecule has 1 fully saturated rings. The Hall–Kier alpha value is -2.24. The molecular formula is C20H34N2O4. The van der Waals surface area contributed by atoms with Gasteiger partial charge in [0, 0.05) is 15.4 Å². The number of nitrogens with one attached hydrogen (secondary N) is 2. The maximum atomic E-state index is 11.8. The van der Waals surface area contributed by atoms with Crippen molar-refractivity contribution in [2.24, 2.45) is 5.92 Å². The zero-order valence-electron chi connectivity index (χ0n) is 15.9. The maximum Gasteiger partial charge on any atom is 0.407 e. The van der Waals surface area contributed by atoms with E-state index in [-0.39, 0.29) is 27.7 Å². The third-order valence-corrected chi connectivity index (χ3v) is 4.32. The zero-order chi connectivity index (χ0) is 19.0. The zero-order valence-corrected chi connectivity index (χ0v) is 15.9. The molecule has 26 heavy (non-hydrogen) atoms. The van der Waals surface area contributed by atoms with Gasteiger partial charge in [0.25, 0.3) is 0 Å². The minimum atomic E-state index is -0.481. The Morgan fingerprint density at radius 1 is 1.08 bits per heavy atom. The Morgan fingerprint density at radius 3 is 2.35 bits per heavy atom. The van der Waals surface area contributed by atoms with Gasteiger partial charge < -0.3 is 20.1 Å². The first-order valence-electron chi connectivity index (χ1n) is 9.26. The van der Waals surface area contributed by atoms with Crippen molar-refractivity contribution < 1.29 is 21.9 Å². The fourth-order valence-corrected chi connectivity index (χ4v) is 2.99. The van der Waals surface area contributed by atoms with Crippen molar-refractivity contribution >= 4 is 12.2 Å². The van der Waals surface area contributed by atoms with Gasteiger partial charge in [-0.2, -0.15) is 0 Å². The van der Waals surface area contributed by atoms with Crippen molar-refractivity contribution in [2.45, 2.75) is 64.7 Å². The molecule has 0 spiro atoms. The summed E-state index contributed by atoms with van der Waals surface area (Å²) in [5, 5.41) is 5.76. The maximum absolute atomic E-state index is 11.8. The van der Waals surface area contributed by atoms with Gasteiger partial charge in [-0.3, -0.25) is 0 Å². The average Bonchev–Trinajstić information content (AvgIpc) is 2.58. The molecule has 0 aliphatic heterocycles. The SMILES string of the molecule is CC(C)(C)OC(=O)NC1CCC(CNC(=O)OCc2ccccc2)CC1.[HH].[HH]. The largest absolute Gasteiger partial charge is 0.445 e. The van der Waals surface area contributed by atoms with Crippen LogP contribution in [0.2, 0.25) is 0 Å². The first-order valence-corrected chi connectivity index (χ1v) is 9.26. The second-order valence-corrected chi connectivity index (χ2v) is 7.81. The van der Waals surface area contributed by atoms with Crippen LogP contribution in [0, 0.1) is 5.92 Å². The summed E-state index contributed by atoms with van der Waals surface area (Å²) in [7, 11) is 0. The van der Waals surface area contributed by atoms with E-state index in [0.717, 1.165) is 31.2 Å². The number of alkyl carbamates (subject to hydrolysis) is 2. The minimum Gasteiger partial charge on any atom is -0.445 e. The number of benzene rings is 1. The van der Waals surface area contributed by atoms with E-state index < -0.39 is 5.60 Å². The van der Waals surface area contributed by atoms with Crippen LogP contribution in [0.25, 0.3) is 0 Å². The molecule has 1 aromatic rings. The normalized spacial score (nSPS) is 20.1. The van der Waals surface area contributed by atoms with E-state index in [1.165, 1.54) is 0 Å². The second-order valence-electron chi connectivity index (χ2n) is 7.81. The van der Waals surface area contributed by atoms with Crippen molar-refractivity contribution in [1.29, 1.82) is 0 Å². The van der Waals surface area contributed by atoms with Crippen LogP contribution >= 0.6 is 0 Å². The van der Waals surface area contributed by atoms with Crippen LogP contribution in [0.5, 0.6) is 0 Å². The molecule has 0 heterocycles. The third-order valence-electron chi connectivity index (χ3n) is 4.32. The van der Waals surface area contributed by atoms with Gasteiger partial charge in [0.2, 0.25) is 0 Å². The van der Waals surface area contributed by atoms with Crippen LogP contribution < -0.4 is 10.6 Å². The predicted octanol–water partition coefficient (Wildman–Crippen LogP) is 4.49. The van der Waals surface area contributed by atoms with Gasteiger partial charge in [-0.15, -0.1) is 0 Å². The molecule has 1 aromatic carbocycles. The molecular weight excluding hydrogens is 332 g/mol. The molecule has 1 aliphatic carbocycles. The summed E-state index contributed by atoms with van der Waals surface area (Å²) in [6, 6.07) is 9.75. The number of rotatable bonds is 5. The molecule has 148 valence electrons. The Bertz CT molecular complexity index is 586. The van der Waals surface area contributed by atoms with E-state index in [1.54, 1.807) is 0 Å². The Kier molecular flexibility index (Phi) is 7.30. The van der Waals surface area contributed by atoms with E-state index in [0.29, 0.717) is 12.5 Å². The lowest BCUT2D eigenvalue weighted by Crippen LogP contribution is -2.42. The van der Waals surface area contributed by atoms with E-state index >= 15 is 0 Å². The van der Waals surface area contributed by atoms with Crippen molar-refractivity contribution in [3.63, 3.8) is 0 Å². The molecule has 0 bridgehead atoms. The molecule has 1 saturated carbocycles. The lowest BCUT2D eigenvalue weighted by atomic mass is 9.86. The fourth-order valence-electron chi connectivity index (χ4n) is 2.99. The van der Waals surface area contributed by atoms with E-state index in [4.69, 9.17) is 9.47 Å². The summed E-state index contributed by atoms with van der Waals surface area (Å²) in [5.74, 6) is 0.413. The van der Waals surface area contributed by atoms with Gasteiger partial charge in [0.15, 0.2) is 0 Å². The van der Waals surface area contributed by atoms with Crippen LogP contribution in [-0.4, -0.2) is 30.4 Å². The summed E-state index contributed by atoms with van der Waals surface area (Å²) < 4.78 is 10.5. The fraction of sp³-hybridized carbons (Fsp3) is 0.600. The van der Waals surface area contributed by atoms with Gasteiger partial charge in [-0.05, 0) is 57.9 Å². The molecule has 0 radical (unpaired) electrons. The highest BCUT2D eigenvalue weighted by Crippen LogP contribution is 2.24. The number of amides is 2. The highest BCUT2D eigenvalue weighted by molar-refractivity contribution is 5.68. The first-order chi connectivity index (χ1) is 12.3. The van der Waals surface area contributed by atoms with Gasteiger partial charge >= 0.3 is 12.2 Å². The lowest BCUT2D eigenvalue weighted by molar-refractivity contribution is 0.0487. The number of hydrogen-bond donors (Lipinski definition) is 2. The van der Waals surface area contributed by atoms with Gasteiger partial charge in [-0.25, -0.2) is 9.59 Å². The van der Waals surface area contributed by atoms with Crippen molar-refractivity contribution in [3.8, 4) is 0 Å². The highest BCUT2D eigenvalue weighted by atomic mass is 16.6. The van der Waals surface area contributed by atoms with Crippen LogP contribution in [0.15, 0.2) is 30.3 Å². The Balaban J connectivity index is 0.00000364. The molecule has 6 nitrogen and oxygen atoms in total. The molecule has 0 aromatic heterocycles. The average molecular weight is 367 g/mol. The van der Waals surface area contributed by atoms with Crippen LogP contribution in [-0.2, 0) is 16.1 Å². The minimum absolute atomic E-state index is 0. The molecule has 0 saturated heterocycles. The van der Waals surface area contributed by atoms with Gasteiger partial charge in [-0.1, -0.05) is 30.3 Å². The quantitative estimate of drug-likeness (QED) is 0.805. The Labute approximate surface area is 158 Å². The first kappa shape index (κ1) is 20.1. The van der Waals surface area contributed by atoms with Gasteiger partial charge in [0.1, 0.15) is 12.2 Å². The van der Waals surface area contributed by atoms with E-state index in [2.05, 4.69) is 10.6 Å². The smallest absolute Gasteiger partial charge is 0.407 e. The van der Waals surface area contributed by atoms with Crippen LogP contribution in [0.4, 0.5) is 9.59 Å². The number of carbonyl (C=O) groups is 2. The van der Waals surface area contributed by atoms with E-state index in [1.807, 2.05) is 51.1 Å². The molecule has 2 N–H and O–H groups in total. The van der Waals surface area contributed by atoms with Gasteiger partial charge in [0.05, 0.1) is 0 Å². The van der Waals surface area contributed by atoms with Crippen molar-refractivity contribution in [1.82, 2.24) is 10.6 Å². The standard InChI is InChI=1S/C20H30N2O4.2H2/c1-20(2,3)26-19(24)22-17-11-9-15(10-12-17)13-21-18(23)25-14-16-7-5-4-6-8-16;;/h4-8,15,17H,9-14H2,1-3H3,(H,21,23)(H,22,24);2*1H. The Morgan fingerprint density at radius 2 is 1.73 bits per heavy atom. The van der Waals surface area contributed by atoms with Crippen LogP contribution in [0.1, 0.15) is 54.9 Å². The molecule has 2 amide bonds. The lowest BCUT2D eigenvalue weighted by Gasteiger charge is -2.30. The topological polar surface area (TPSA) is 76.7 Å². The highest BCUT2D eigenvalue weighted by Gasteiger charge is 2.25. The van der Waals surface area contributed by atoms with Crippen molar-refractivity contribution in [3.05, 3.63) is 35.9 Å². The summed E-state index contributed by atoms with van der Waals surface area (Å²) in [5.41, 5.74) is 0.488. The number of hydrogen-bond acceptors (Lipinski definition) is 4. The van der Waals surface area contributed by atoms with E-state index in [9.17, 15) is 9.59 Å². The van der Waals surface area contributed by atoms with Crippen LogP contribution in [0.3, 0.4) is 0 Å². The summed E-state index contributed by atoms with van der Waals surface area (Å²) in [6.45, 7) is 6.44. The molecule has 0 atom stereocenters. The molecule has 6 heteroatoms.